The number of carbonyl (C=O) groups excluding carboxylic acids is 2. The molecule has 0 bridgehead atoms. The molecule has 1 fully saturated rings. The molecule has 1 atom stereocenters. The van der Waals surface area contributed by atoms with Gasteiger partial charge in [0.1, 0.15) is 28.4 Å². The van der Waals surface area contributed by atoms with Gasteiger partial charge in [-0.3, -0.25) is 9.59 Å². The molecule has 1 aromatic heterocycles. The topological polar surface area (TPSA) is 72.6 Å². The maximum absolute atomic E-state index is 13.4. The van der Waals surface area contributed by atoms with Gasteiger partial charge in [0.15, 0.2) is 5.78 Å². The van der Waals surface area contributed by atoms with E-state index in [9.17, 15) is 9.59 Å². The number of ketones is 1. The number of halogens is 1. The first-order chi connectivity index (χ1) is 14.5. The van der Waals surface area contributed by atoms with Crippen LogP contribution in [0.1, 0.15) is 39.3 Å². The van der Waals surface area contributed by atoms with Crippen LogP contribution in [0.4, 0.5) is 0 Å². The highest BCUT2D eigenvalue weighted by Crippen LogP contribution is 2.40. The van der Waals surface area contributed by atoms with Crippen LogP contribution in [-0.4, -0.2) is 40.4 Å². The summed E-state index contributed by atoms with van der Waals surface area (Å²) in [6.45, 7) is 2.53. The summed E-state index contributed by atoms with van der Waals surface area (Å²) >= 11 is 6.32. The van der Waals surface area contributed by atoms with Crippen LogP contribution in [0.5, 0.6) is 5.75 Å². The average molecular weight is 423 g/mol. The van der Waals surface area contributed by atoms with Gasteiger partial charge in [-0.1, -0.05) is 47.1 Å². The van der Waals surface area contributed by atoms with Gasteiger partial charge in [0, 0.05) is 18.5 Å². The molecule has 5 rings (SSSR count). The number of benzene rings is 2. The molecule has 7 heteroatoms. The summed E-state index contributed by atoms with van der Waals surface area (Å²) in [6.07, 6.45) is 0.846. The summed E-state index contributed by atoms with van der Waals surface area (Å²) in [5.41, 5.74) is 1.37. The van der Waals surface area contributed by atoms with E-state index in [2.05, 4.69) is 5.16 Å². The number of hydrogen-bond donors (Lipinski definition) is 0. The minimum Gasteiger partial charge on any atom is -0.484 e. The molecule has 2 aliphatic rings. The van der Waals surface area contributed by atoms with Crippen molar-refractivity contribution in [1.29, 1.82) is 0 Å². The number of nitrogens with zero attached hydrogens (tertiary/aromatic N) is 2. The van der Waals surface area contributed by atoms with Crippen molar-refractivity contribution in [3.05, 3.63) is 70.4 Å². The van der Waals surface area contributed by atoms with Gasteiger partial charge in [-0.25, -0.2) is 0 Å². The highest BCUT2D eigenvalue weighted by molar-refractivity contribution is 6.33. The molecule has 30 heavy (non-hydrogen) atoms. The van der Waals surface area contributed by atoms with Crippen molar-refractivity contribution < 1.29 is 18.8 Å². The summed E-state index contributed by atoms with van der Waals surface area (Å²) in [7, 11) is 0. The molecule has 152 valence electrons. The summed E-state index contributed by atoms with van der Waals surface area (Å²) in [5.74, 6) is 0.863. The molecular weight excluding hydrogens is 404 g/mol. The first kappa shape index (κ1) is 18.9. The third-order valence-corrected chi connectivity index (χ3v) is 6.14. The molecule has 1 amide bonds. The first-order valence-corrected chi connectivity index (χ1v) is 10.2. The van der Waals surface area contributed by atoms with Gasteiger partial charge in [0.25, 0.3) is 5.91 Å². The van der Waals surface area contributed by atoms with Crippen molar-refractivity contribution in [3.8, 4) is 17.0 Å². The minimum atomic E-state index is -0.698. The number of fused-ring (bicyclic) bond motifs is 1. The Morgan fingerprint density at radius 2 is 1.87 bits per heavy atom. The number of aryl methyl sites for hydroxylation is 1. The molecule has 1 saturated heterocycles. The lowest BCUT2D eigenvalue weighted by Crippen LogP contribution is -2.45. The fourth-order valence-electron chi connectivity index (χ4n) is 4.31. The molecule has 2 aliphatic heterocycles. The van der Waals surface area contributed by atoms with Crippen LogP contribution in [0.2, 0.25) is 5.02 Å². The van der Waals surface area contributed by atoms with Crippen LogP contribution in [0, 0.1) is 6.92 Å². The zero-order valence-corrected chi connectivity index (χ0v) is 17.1. The van der Waals surface area contributed by atoms with E-state index in [0.717, 1.165) is 0 Å². The Bertz CT molecular complexity index is 1170. The molecule has 1 unspecified atom stereocenters. The van der Waals surface area contributed by atoms with Gasteiger partial charge in [0.05, 0.1) is 23.6 Å². The Morgan fingerprint density at radius 3 is 2.67 bits per heavy atom. The second-order valence-electron chi connectivity index (χ2n) is 7.80. The quantitative estimate of drug-likeness (QED) is 0.605. The monoisotopic (exact) mass is 422 g/mol. The van der Waals surface area contributed by atoms with E-state index < -0.39 is 5.60 Å². The SMILES string of the molecule is Cc1onc(-c2ccccc2Cl)c1C(=O)N1CCC2(CC(=O)c3ccccc3O2)C1. The van der Waals surface area contributed by atoms with Crippen molar-refractivity contribution >= 4 is 23.3 Å². The predicted octanol–water partition coefficient (Wildman–Crippen LogP) is 4.55. The fraction of sp³-hybridized carbons (Fsp3) is 0.261. The number of hydrogen-bond acceptors (Lipinski definition) is 5. The number of carbonyl (C=O) groups is 2. The largest absolute Gasteiger partial charge is 0.484 e. The van der Waals surface area contributed by atoms with Crippen molar-refractivity contribution in [3.63, 3.8) is 0 Å². The van der Waals surface area contributed by atoms with Crippen LogP contribution in [-0.2, 0) is 0 Å². The number of rotatable bonds is 2. The Morgan fingerprint density at radius 1 is 1.13 bits per heavy atom. The van der Waals surface area contributed by atoms with Gasteiger partial charge in [0.2, 0.25) is 0 Å². The van der Waals surface area contributed by atoms with Gasteiger partial charge in [-0.2, -0.15) is 0 Å². The maximum atomic E-state index is 13.4. The molecular formula is C23H19ClN2O4. The Hall–Kier alpha value is -3.12. The van der Waals surface area contributed by atoms with Crippen molar-refractivity contribution in [2.45, 2.75) is 25.4 Å². The highest BCUT2D eigenvalue weighted by atomic mass is 35.5. The van der Waals surface area contributed by atoms with Crippen LogP contribution in [0.25, 0.3) is 11.3 Å². The first-order valence-electron chi connectivity index (χ1n) is 9.79. The van der Waals surface area contributed by atoms with Gasteiger partial charge in [-0.05, 0) is 25.1 Å². The molecule has 0 radical (unpaired) electrons. The molecule has 1 spiro atoms. The Labute approximate surface area is 178 Å². The van der Waals surface area contributed by atoms with Crippen LogP contribution in [0.3, 0.4) is 0 Å². The lowest BCUT2D eigenvalue weighted by molar-refractivity contribution is 0.0428. The summed E-state index contributed by atoms with van der Waals surface area (Å²) in [6, 6.07) is 14.5. The second-order valence-corrected chi connectivity index (χ2v) is 8.21. The highest BCUT2D eigenvalue weighted by Gasteiger charge is 2.47. The van der Waals surface area contributed by atoms with E-state index in [1.54, 1.807) is 30.0 Å². The van der Waals surface area contributed by atoms with E-state index in [0.29, 0.717) is 58.4 Å². The van der Waals surface area contributed by atoms with Crippen LogP contribution in [0.15, 0.2) is 53.1 Å². The number of Topliss-reactive ketones (excluding diaryl/α,β-unsaturated/α-hetero) is 1. The minimum absolute atomic E-state index is 0.0454. The number of ether oxygens (including phenoxy) is 1. The maximum Gasteiger partial charge on any atom is 0.259 e. The van der Waals surface area contributed by atoms with E-state index in [-0.39, 0.29) is 18.1 Å². The lowest BCUT2D eigenvalue weighted by Gasteiger charge is -2.34. The van der Waals surface area contributed by atoms with E-state index in [1.807, 2.05) is 30.3 Å². The van der Waals surface area contributed by atoms with Crippen molar-refractivity contribution in [2.75, 3.05) is 13.1 Å². The molecule has 0 N–H and O–H groups in total. The lowest BCUT2D eigenvalue weighted by atomic mass is 9.89. The molecule has 0 saturated carbocycles. The Balaban J connectivity index is 1.44. The number of likely N-dealkylation sites (tertiary alicyclic amines) is 1. The normalized spacial score (nSPS) is 20.3. The summed E-state index contributed by atoms with van der Waals surface area (Å²) in [4.78, 5) is 27.8. The van der Waals surface area contributed by atoms with Gasteiger partial charge < -0.3 is 14.2 Å². The second kappa shape index (κ2) is 6.99. The Kier molecular flexibility index (Phi) is 4.40. The van der Waals surface area contributed by atoms with Crippen LogP contribution >= 0.6 is 11.6 Å². The zero-order valence-electron chi connectivity index (χ0n) is 16.4. The average Bonchev–Trinajstić information content (AvgIpc) is 3.31. The van der Waals surface area contributed by atoms with Gasteiger partial charge in [-0.15, -0.1) is 0 Å². The summed E-state index contributed by atoms with van der Waals surface area (Å²) < 4.78 is 11.6. The van der Waals surface area contributed by atoms with Crippen LogP contribution < -0.4 is 4.74 Å². The standard InChI is InChI=1S/C23H19ClN2O4/c1-14-20(21(25-30-14)15-6-2-4-8-17(15)24)22(28)26-11-10-23(13-26)12-18(27)16-7-3-5-9-19(16)29-23/h2-9H,10-13H2,1H3. The predicted molar refractivity (Wildman–Crippen MR) is 111 cm³/mol. The smallest absolute Gasteiger partial charge is 0.259 e. The fourth-order valence-corrected chi connectivity index (χ4v) is 4.53. The van der Waals surface area contributed by atoms with E-state index >= 15 is 0 Å². The third-order valence-electron chi connectivity index (χ3n) is 5.81. The molecule has 0 aliphatic carbocycles. The third kappa shape index (κ3) is 2.99. The zero-order chi connectivity index (χ0) is 20.9. The van der Waals surface area contributed by atoms with Crippen molar-refractivity contribution in [1.82, 2.24) is 10.1 Å². The summed E-state index contributed by atoms with van der Waals surface area (Å²) in [5, 5.41) is 4.59. The van der Waals surface area contributed by atoms with E-state index in [4.69, 9.17) is 20.9 Å². The number of para-hydroxylation sites is 1. The number of amides is 1. The molecule has 3 aromatic rings. The van der Waals surface area contributed by atoms with E-state index in [1.165, 1.54) is 0 Å². The molecule has 2 aromatic carbocycles. The molecule has 3 heterocycles. The van der Waals surface area contributed by atoms with Gasteiger partial charge >= 0.3 is 0 Å². The molecule has 6 nitrogen and oxygen atoms in total. The van der Waals surface area contributed by atoms with Crippen molar-refractivity contribution in [2.24, 2.45) is 0 Å². The number of aromatic nitrogens is 1.